The fraction of sp³-hybridized carbons (Fsp3) is 0.536. The second kappa shape index (κ2) is 14.6. The van der Waals surface area contributed by atoms with E-state index in [1.165, 1.54) is 10.1 Å². The van der Waals surface area contributed by atoms with Crippen molar-refractivity contribution >= 4 is 23.7 Å². The van der Waals surface area contributed by atoms with E-state index < -0.39 is 23.4 Å². The summed E-state index contributed by atoms with van der Waals surface area (Å²) in [5.74, 6) is -2.71. The normalized spacial score (nSPS) is 17.8. The number of piperazine rings is 1. The van der Waals surface area contributed by atoms with Crippen molar-refractivity contribution in [3.63, 3.8) is 0 Å². The number of alkyl halides is 3. The third-order valence-electron chi connectivity index (χ3n) is 7.16. The van der Waals surface area contributed by atoms with Gasteiger partial charge in [0.25, 0.3) is 0 Å². The van der Waals surface area contributed by atoms with E-state index in [4.69, 9.17) is 21.4 Å². The first-order valence-electron chi connectivity index (χ1n) is 14.2. The molecule has 0 bridgehead atoms. The Morgan fingerprint density at radius 1 is 1.02 bits per heavy atom. The van der Waals surface area contributed by atoms with Crippen LogP contribution in [0.25, 0.3) is 5.69 Å². The minimum Gasteiger partial charge on any atom is -0.475 e. The van der Waals surface area contributed by atoms with Gasteiger partial charge in [-0.2, -0.15) is 18.2 Å². The summed E-state index contributed by atoms with van der Waals surface area (Å²) in [5.41, 5.74) is 12.5. The van der Waals surface area contributed by atoms with Crippen molar-refractivity contribution in [1.29, 1.82) is 0 Å². The molecule has 44 heavy (non-hydrogen) atoms. The minimum atomic E-state index is -5.08. The van der Waals surface area contributed by atoms with Crippen LogP contribution < -0.4 is 22.5 Å². The molecule has 13 nitrogen and oxygen atoms in total. The van der Waals surface area contributed by atoms with Crippen LogP contribution >= 0.6 is 0 Å². The van der Waals surface area contributed by atoms with E-state index in [0.29, 0.717) is 31.9 Å². The molecule has 4 rings (SSSR count). The standard InChI is InChI=1S/C26H38N8O3.C2HF3O2/c1-26(2,28)23(35)32-14-16-33(17-15-32)24(36)29-22-10-13-34(25(37)30-22)21-7-5-19(6-8-21)9-12-31-11-3-4-20(27)18-31;3-2(4,5)1(6)7/h5-8,10,13,20H,3-4,9,11-12,14-18,27-28H2,1-2H3,(H,29,30,36,37);(H,6,7)/t20-;/m0./s1. The van der Waals surface area contributed by atoms with Gasteiger partial charge in [-0.15, -0.1) is 0 Å². The third kappa shape index (κ3) is 10.0. The number of benzene rings is 1. The Labute approximate surface area is 252 Å². The van der Waals surface area contributed by atoms with Gasteiger partial charge in [0.15, 0.2) is 0 Å². The quantitative estimate of drug-likeness (QED) is 0.368. The van der Waals surface area contributed by atoms with Gasteiger partial charge in [-0.25, -0.2) is 14.4 Å². The highest BCUT2D eigenvalue weighted by Gasteiger charge is 2.38. The highest BCUT2D eigenvalue weighted by Crippen LogP contribution is 2.14. The van der Waals surface area contributed by atoms with Gasteiger partial charge < -0.3 is 31.3 Å². The molecule has 2 aliphatic heterocycles. The molecule has 0 unspecified atom stereocenters. The lowest BCUT2D eigenvalue weighted by atomic mass is 10.1. The average Bonchev–Trinajstić information content (AvgIpc) is 2.95. The number of aliphatic carboxylic acids is 1. The number of nitrogens with zero attached hydrogens (tertiary/aromatic N) is 5. The van der Waals surface area contributed by atoms with E-state index in [1.807, 2.05) is 24.3 Å². The lowest BCUT2D eigenvalue weighted by Gasteiger charge is -2.37. The highest BCUT2D eigenvalue weighted by atomic mass is 19.4. The first-order chi connectivity index (χ1) is 20.5. The highest BCUT2D eigenvalue weighted by molar-refractivity contribution is 5.89. The van der Waals surface area contributed by atoms with Crippen LogP contribution in [-0.4, -0.2) is 111 Å². The van der Waals surface area contributed by atoms with E-state index in [1.54, 1.807) is 35.9 Å². The number of hydrogen-bond donors (Lipinski definition) is 4. The van der Waals surface area contributed by atoms with E-state index in [-0.39, 0.29) is 23.8 Å². The van der Waals surface area contributed by atoms with Crippen LogP contribution in [0.4, 0.5) is 23.8 Å². The van der Waals surface area contributed by atoms with Crippen LogP contribution in [0.3, 0.4) is 0 Å². The lowest BCUT2D eigenvalue weighted by Crippen LogP contribution is -2.58. The number of amides is 3. The summed E-state index contributed by atoms with van der Waals surface area (Å²) in [6.07, 6.45) is -0.298. The molecule has 2 aromatic rings. The zero-order valence-corrected chi connectivity index (χ0v) is 24.7. The third-order valence-corrected chi connectivity index (χ3v) is 7.16. The summed E-state index contributed by atoms with van der Waals surface area (Å²) in [6.45, 7) is 7.92. The summed E-state index contributed by atoms with van der Waals surface area (Å²) in [5, 5.41) is 9.81. The smallest absolute Gasteiger partial charge is 0.475 e. The van der Waals surface area contributed by atoms with Gasteiger partial charge in [0, 0.05) is 51.5 Å². The molecular weight excluding hydrogens is 585 g/mol. The molecule has 1 aromatic heterocycles. The first-order valence-corrected chi connectivity index (χ1v) is 14.2. The molecule has 2 fully saturated rings. The van der Waals surface area contributed by atoms with Gasteiger partial charge in [0.05, 0.1) is 11.2 Å². The summed E-state index contributed by atoms with van der Waals surface area (Å²) in [6, 6.07) is 9.37. The van der Waals surface area contributed by atoms with Crippen LogP contribution in [0.1, 0.15) is 32.3 Å². The molecule has 0 radical (unpaired) electrons. The molecule has 3 amide bonds. The predicted molar refractivity (Wildman–Crippen MR) is 156 cm³/mol. The van der Waals surface area contributed by atoms with Crippen molar-refractivity contribution in [3.05, 3.63) is 52.6 Å². The number of carbonyl (C=O) groups excluding carboxylic acids is 2. The van der Waals surface area contributed by atoms with E-state index >= 15 is 0 Å². The van der Waals surface area contributed by atoms with Crippen LogP contribution in [0.5, 0.6) is 0 Å². The molecule has 1 aromatic carbocycles. The molecule has 242 valence electrons. The number of hydrogen-bond acceptors (Lipinski definition) is 8. The number of nitrogens with one attached hydrogen (secondary N) is 1. The Kier molecular flexibility index (Phi) is 11.5. The zero-order chi connectivity index (χ0) is 32.7. The Bertz CT molecular complexity index is 1350. The molecule has 0 aliphatic carbocycles. The number of urea groups is 1. The number of nitrogens with two attached hydrogens (primary N) is 2. The van der Waals surface area contributed by atoms with Gasteiger partial charge in [0.1, 0.15) is 5.82 Å². The number of aromatic nitrogens is 2. The Balaban J connectivity index is 0.000000676. The maximum Gasteiger partial charge on any atom is 0.490 e. The minimum absolute atomic E-state index is 0.141. The van der Waals surface area contributed by atoms with Crippen LogP contribution in [0, 0.1) is 0 Å². The zero-order valence-electron chi connectivity index (χ0n) is 24.7. The van der Waals surface area contributed by atoms with Crippen molar-refractivity contribution in [2.45, 2.75) is 50.9 Å². The largest absolute Gasteiger partial charge is 0.490 e. The Morgan fingerprint density at radius 3 is 2.14 bits per heavy atom. The molecule has 0 saturated carbocycles. The number of likely N-dealkylation sites (tertiary alicyclic amines) is 1. The summed E-state index contributed by atoms with van der Waals surface area (Å²) in [4.78, 5) is 56.3. The second-order valence-electron chi connectivity index (χ2n) is 11.3. The fourth-order valence-corrected chi connectivity index (χ4v) is 4.78. The van der Waals surface area contributed by atoms with Crippen LogP contribution in [0.2, 0.25) is 0 Å². The molecule has 3 heterocycles. The Morgan fingerprint density at radius 2 is 1.61 bits per heavy atom. The van der Waals surface area contributed by atoms with E-state index in [0.717, 1.165) is 38.9 Å². The van der Waals surface area contributed by atoms with Crippen molar-refractivity contribution in [1.82, 2.24) is 24.3 Å². The fourth-order valence-electron chi connectivity index (χ4n) is 4.78. The second-order valence-corrected chi connectivity index (χ2v) is 11.3. The number of halogens is 3. The number of rotatable bonds is 6. The monoisotopic (exact) mass is 624 g/mol. The van der Waals surface area contributed by atoms with Gasteiger partial charge >= 0.3 is 23.9 Å². The maximum atomic E-state index is 12.7. The number of piperidine rings is 1. The van der Waals surface area contributed by atoms with E-state index in [9.17, 15) is 27.6 Å². The summed E-state index contributed by atoms with van der Waals surface area (Å²) >= 11 is 0. The van der Waals surface area contributed by atoms with Crippen LogP contribution in [0.15, 0.2) is 41.3 Å². The molecule has 1 atom stereocenters. The van der Waals surface area contributed by atoms with Crippen molar-refractivity contribution in [2.24, 2.45) is 11.5 Å². The number of carbonyl (C=O) groups is 3. The number of carboxylic acid groups (broad SMARTS) is 1. The molecule has 16 heteroatoms. The molecule has 0 spiro atoms. The average molecular weight is 625 g/mol. The number of carboxylic acids is 1. The van der Waals surface area contributed by atoms with Gasteiger partial charge in [0.2, 0.25) is 5.91 Å². The number of anilines is 1. The topological polar surface area (TPSA) is 180 Å². The molecule has 2 saturated heterocycles. The molecular formula is C28H39F3N8O5. The molecule has 6 N–H and O–H groups in total. The van der Waals surface area contributed by atoms with Crippen molar-refractivity contribution in [3.8, 4) is 5.69 Å². The Hall–Kier alpha value is -4.02. The maximum absolute atomic E-state index is 12.7. The summed E-state index contributed by atoms with van der Waals surface area (Å²) < 4.78 is 33.2. The molecule has 2 aliphatic rings. The first kappa shape index (κ1) is 34.5. The van der Waals surface area contributed by atoms with Crippen LogP contribution in [-0.2, 0) is 16.0 Å². The predicted octanol–water partition coefficient (Wildman–Crippen LogP) is 1.24. The van der Waals surface area contributed by atoms with Gasteiger partial charge in [-0.1, -0.05) is 12.1 Å². The van der Waals surface area contributed by atoms with Crippen molar-refractivity contribution in [2.75, 3.05) is 51.1 Å². The lowest BCUT2D eigenvalue weighted by molar-refractivity contribution is -0.192. The van der Waals surface area contributed by atoms with Gasteiger partial charge in [-0.3, -0.25) is 14.7 Å². The van der Waals surface area contributed by atoms with Crippen molar-refractivity contribution < 1.29 is 32.7 Å². The SMILES string of the molecule is CC(C)(N)C(=O)N1CCN(C(=O)Nc2ccn(-c3ccc(CCN4CCC[C@H](N)C4)cc3)c(=O)n2)CC1.O=C(O)C(F)(F)F. The van der Waals surface area contributed by atoms with E-state index in [2.05, 4.69) is 15.2 Å². The summed E-state index contributed by atoms with van der Waals surface area (Å²) in [7, 11) is 0. The van der Waals surface area contributed by atoms with Gasteiger partial charge in [-0.05, 0) is 63.4 Å².